The molecule has 0 aliphatic carbocycles. The summed E-state index contributed by atoms with van der Waals surface area (Å²) < 4.78 is 10.8. The molecule has 0 heterocycles. The molecule has 23 heavy (non-hydrogen) atoms. The second kappa shape index (κ2) is 13.1. The summed E-state index contributed by atoms with van der Waals surface area (Å²) in [6.45, 7) is 5.91. The molecule has 0 aliphatic rings. The van der Waals surface area contributed by atoms with Crippen molar-refractivity contribution < 1.29 is 14.3 Å². The zero-order valence-electron chi connectivity index (χ0n) is 14.8. The number of hydrogen-bond donors (Lipinski definition) is 0. The summed E-state index contributed by atoms with van der Waals surface area (Å²) in [5, 5.41) is 0. The second-order valence-corrected chi connectivity index (χ2v) is 5.92. The molecule has 0 saturated carbocycles. The fraction of sp³-hybridized carbons (Fsp3) is 0.650. The quantitative estimate of drug-likeness (QED) is 0.371. The molecule has 0 N–H and O–H groups in total. The van der Waals surface area contributed by atoms with Gasteiger partial charge in [0.15, 0.2) is 0 Å². The minimum absolute atomic E-state index is 0.239. The van der Waals surface area contributed by atoms with E-state index in [2.05, 4.69) is 13.8 Å². The molecule has 0 fully saturated rings. The molecule has 0 atom stereocenters. The van der Waals surface area contributed by atoms with Gasteiger partial charge in [0.25, 0.3) is 0 Å². The molecule has 0 amide bonds. The minimum Gasteiger partial charge on any atom is -0.460 e. The maximum atomic E-state index is 12.1. The van der Waals surface area contributed by atoms with E-state index in [1.165, 1.54) is 32.1 Å². The van der Waals surface area contributed by atoms with Crippen molar-refractivity contribution in [2.24, 2.45) is 0 Å². The molecule has 0 unspecified atom stereocenters. The number of ether oxygens (including phenoxy) is 2. The van der Waals surface area contributed by atoms with E-state index < -0.39 is 0 Å². The van der Waals surface area contributed by atoms with E-state index in [9.17, 15) is 4.79 Å². The Morgan fingerprint density at radius 3 is 2.39 bits per heavy atom. The van der Waals surface area contributed by atoms with Gasteiger partial charge >= 0.3 is 5.97 Å². The third-order valence-electron chi connectivity index (χ3n) is 3.86. The highest BCUT2D eigenvalue weighted by atomic mass is 16.6. The van der Waals surface area contributed by atoms with Gasteiger partial charge in [-0.15, -0.1) is 0 Å². The lowest BCUT2D eigenvalue weighted by Gasteiger charge is -2.09. The summed E-state index contributed by atoms with van der Waals surface area (Å²) in [5.41, 5.74) is 1.75. The maximum Gasteiger partial charge on any atom is 0.338 e. The van der Waals surface area contributed by atoms with E-state index in [0.29, 0.717) is 18.8 Å². The summed E-state index contributed by atoms with van der Waals surface area (Å²) in [5.74, 6) is -0.239. The van der Waals surface area contributed by atoms with Gasteiger partial charge in [0.05, 0.1) is 12.2 Å². The number of benzene rings is 1. The summed E-state index contributed by atoms with van der Waals surface area (Å²) in [4.78, 5) is 12.1. The van der Waals surface area contributed by atoms with Crippen molar-refractivity contribution in [2.45, 2.75) is 65.2 Å². The highest BCUT2D eigenvalue weighted by molar-refractivity contribution is 5.91. The first-order chi connectivity index (χ1) is 11.3. The Bertz CT molecular complexity index is 429. The first-order valence-electron chi connectivity index (χ1n) is 9.12. The molecule has 1 aromatic carbocycles. The largest absolute Gasteiger partial charge is 0.460 e. The van der Waals surface area contributed by atoms with Crippen LogP contribution in [0.3, 0.4) is 0 Å². The minimum atomic E-state index is -0.239. The van der Waals surface area contributed by atoms with Gasteiger partial charge in [0, 0.05) is 6.61 Å². The van der Waals surface area contributed by atoms with Crippen LogP contribution < -0.4 is 0 Å². The fourth-order valence-electron chi connectivity index (χ4n) is 2.56. The number of esters is 1. The van der Waals surface area contributed by atoms with Crippen LogP contribution in [0.15, 0.2) is 24.3 Å². The third kappa shape index (κ3) is 8.75. The predicted octanol–water partition coefficient (Wildman–Crippen LogP) is 5.17. The number of unbranched alkanes of at least 4 members (excludes halogenated alkanes) is 5. The summed E-state index contributed by atoms with van der Waals surface area (Å²) in [7, 11) is 0. The van der Waals surface area contributed by atoms with Crippen LogP contribution in [-0.4, -0.2) is 25.8 Å². The second-order valence-electron chi connectivity index (χ2n) is 5.92. The molecule has 1 aromatic rings. The Balaban J connectivity index is 2.10. The molecule has 1 rings (SSSR count). The fourth-order valence-corrected chi connectivity index (χ4v) is 2.56. The summed E-state index contributed by atoms with van der Waals surface area (Å²) >= 11 is 0. The molecule has 0 aromatic heterocycles. The van der Waals surface area contributed by atoms with Gasteiger partial charge in [-0.1, -0.05) is 70.6 Å². The molecule has 3 heteroatoms. The van der Waals surface area contributed by atoms with Gasteiger partial charge in [-0.05, 0) is 24.5 Å². The number of rotatable bonds is 13. The zero-order valence-corrected chi connectivity index (χ0v) is 14.8. The van der Waals surface area contributed by atoms with Crippen molar-refractivity contribution in [1.29, 1.82) is 0 Å². The highest BCUT2D eigenvalue weighted by Crippen LogP contribution is 2.12. The van der Waals surface area contributed by atoms with Gasteiger partial charge in [-0.2, -0.15) is 0 Å². The first-order valence-corrected chi connectivity index (χ1v) is 9.12. The van der Waals surface area contributed by atoms with Crippen molar-refractivity contribution in [2.75, 3.05) is 19.8 Å². The summed E-state index contributed by atoms with van der Waals surface area (Å²) in [6, 6.07) is 7.68. The third-order valence-corrected chi connectivity index (χ3v) is 3.86. The number of carbonyl (C=O) groups is 1. The lowest BCUT2D eigenvalue weighted by Crippen LogP contribution is -2.13. The SMILES string of the molecule is CCCCCCCCOCCOC(=O)c1ccccc1CCC. The van der Waals surface area contributed by atoms with E-state index in [0.717, 1.165) is 31.4 Å². The lowest BCUT2D eigenvalue weighted by molar-refractivity contribution is 0.0311. The van der Waals surface area contributed by atoms with Gasteiger partial charge in [-0.25, -0.2) is 4.79 Å². The van der Waals surface area contributed by atoms with Crippen molar-refractivity contribution in [3.63, 3.8) is 0 Å². The van der Waals surface area contributed by atoms with Crippen LogP contribution in [0.2, 0.25) is 0 Å². The van der Waals surface area contributed by atoms with Gasteiger partial charge in [-0.3, -0.25) is 0 Å². The Kier molecular flexibility index (Phi) is 11.2. The molecule has 0 radical (unpaired) electrons. The Labute approximate surface area is 141 Å². The van der Waals surface area contributed by atoms with Crippen molar-refractivity contribution >= 4 is 5.97 Å². The Hall–Kier alpha value is -1.35. The molecule has 130 valence electrons. The van der Waals surface area contributed by atoms with Crippen LogP contribution in [0, 0.1) is 0 Å². The van der Waals surface area contributed by atoms with Crippen molar-refractivity contribution in [3.05, 3.63) is 35.4 Å². The molecule has 0 aliphatic heterocycles. The number of aryl methyl sites for hydroxylation is 1. The smallest absolute Gasteiger partial charge is 0.338 e. The molecule has 0 bridgehead atoms. The van der Waals surface area contributed by atoms with Gasteiger partial charge in [0.2, 0.25) is 0 Å². The van der Waals surface area contributed by atoms with Crippen molar-refractivity contribution in [3.8, 4) is 0 Å². The van der Waals surface area contributed by atoms with Crippen LogP contribution in [0.5, 0.6) is 0 Å². The average molecular weight is 320 g/mol. The zero-order chi connectivity index (χ0) is 16.8. The van der Waals surface area contributed by atoms with Crippen LogP contribution >= 0.6 is 0 Å². The molecule has 3 nitrogen and oxygen atoms in total. The van der Waals surface area contributed by atoms with Gasteiger partial charge in [0.1, 0.15) is 6.61 Å². The molecule has 0 saturated heterocycles. The van der Waals surface area contributed by atoms with Crippen LogP contribution in [-0.2, 0) is 15.9 Å². The molecular weight excluding hydrogens is 288 g/mol. The monoisotopic (exact) mass is 320 g/mol. The Morgan fingerprint density at radius 1 is 0.870 bits per heavy atom. The molecule has 0 spiro atoms. The van der Waals surface area contributed by atoms with Crippen molar-refractivity contribution in [1.82, 2.24) is 0 Å². The van der Waals surface area contributed by atoms with Crippen LogP contribution in [0.4, 0.5) is 0 Å². The lowest BCUT2D eigenvalue weighted by atomic mass is 10.0. The number of hydrogen-bond acceptors (Lipinski definition) is 3. The van der Waals surface area contributed by atoms with Crippen LogP contribution in [0.1, 0.15) is 74.7 Å². The van der Waals surface area contributed by atoms with Crippen LogP contribution in [0.25, 0.3) is 0 Å². The maximum absolute atomic E-state index is 12.1. The standard InChI is InChI=1S/C20H32O3/c1-3-5-6-7-8-11-15-22-16-17-23-20(21)19-14-10-9-13-18(19)12-4-2/h9-10,13-14H,3-8,11-12,15-17H2,1-2H3. The van der Waals surface area contributed by atoms with E-state index in [1.807, 2.05) is 24.3 Å². The topological polar surface area (TPSA) is 35.5 Å². The molecular formula is C20H32O3. The Morgan fingerprint density at radius 2 is 1.61 bits per heavy atom. The predicted molar refractivity (Wildman–Crippen MR) is 94.9 cm³/mol. The van der Waals surface area contributed by atoms with E-state index in [1.54, 1.807) is 0 Å². The highest BCUT2D eigenvalue weighted by Gasteiger charge is 2.11. The average Bonchev–Trinajstić information content (AvgIpc) is 2.57. The number of carbonyl (C=O) groups excluding carboxylic acids is 1. The van der Waals surface area contributed by atoms with Gasteiger partial charge < -0.3 is 9.47 Å². The summed E-state index contributed by atoms with van der Waals surface area (Å²) in [6.07, 6.45) is 9.47. The van der Waals surface area contributed by atoms with E-state index in [4.69, 9.17) is 9.47 Å². The van der Waals surface area contributed by atoms with E-state index >= 15 is 0 Å². The normalized spacial score (nSPS) is 10.7. The first kappa shape index (κ1) is 19.7. The van der Waals surface area contributed by atoms with E-state index in [-0.39, 0.29) is 5.97 Å².